The SMILES string of the molecule is CC(C)Nc1ncc2cc(C#N)c(=O)n(C3CCCC3)c2n1. The molecule has 3 rings (SSSR count). The van der Waals surface area contributed by atoms with Gasteiger partial charge in [0.2, 0.25) is 5.95 Å². The summed E-state index contributed by atoms with van der Waals surface area (Å²) in [5.74, 6) is 0.512. The first-order valence-corrected chi connectivity index (χ1v) is 7.69. The molecule has 0 atom stereocenters. The zero-order valence-corrected chi connectivity index (χ0v) is 12.8. The van der Waals surface area contributed by atoms with Gasteiger partial charge in [0.1, 0.15) is 17.3 Å². The summed E-state index contributed by atoms with van der Waals surface area (Å²) < 4.78 is 1.70. The predicted molar refractivity (Wildman–Crippen MR) is 84.8 cm³/mol. The van der Waals surface area contributed by atoms with Gasteiger partial charge >= 0.3 is 0 Å². The van der Waals surface area contributed by atoms with Gasteiger partial charge in [0.15, 0.2) is 0 Å². The van der Waals surface area contributed by atoms with E-state index in [4.69, 9.17) is 0 Å². The minimum absolute atomic E-state index is 0.130. The highest BCUT2D eigenvalue weighted by Gasteiger charge is 2.22. The van der Waals surface area contributed by atoms with Crippen LogP contribution in [0.4, 0.5) is 5.95 Å². The summed E-state index contributed by atoms with van der Waals surface area (Å²) in [7, 11) is 0. The van der Waals surface area contributed by atoms with E-state index in [1.807, 2.05) is 19.9 Å². The van der Waals surface area contributed by atoms with Crippen LogP contribution in [-0.4, -0.2) is 20.6 Å². The van der Waals surface area contributed by atoms with Crippen LogP contribution in [-0.2, 0) is 0 Å². The average Bonchev–Trinajstić information content (AvgIpc) is 3.00. The van der Waals surface area contributed by atoms with Crippen LogP contribution >= 0.6 is 0 Å². The van der Waals surface area contributed by atoms with Crippen molar-refractivity contribution in [1.29, 1.82) is 5.26 Å². The molecule has 2 aromatic heterocycles. The number of nitrogens with zero attached hydrogens (tertiary/aromatic N) is 4. The molecule has 114 valence electrons. The molecule has 0 unspecified atom stereocenters. The van der Waals surface area contributed by atoms with Gasteiger partial charge in [-0.2, -0.15) is 10.2 Å². The molecule has 1 N–H and O–H groups in total. The Labute approximate surface area is 128 Å². The largest absolute Gasteiger partial charge is 0.352 e. The van der Waals surface area contributed by atoms with Crippen molar-refractivity contribution in [1.82, 2.24) is 14.5 Å². The quantitative estimate of drug-likeness (QED) is 0.941. The van der Waals surface area contributed by atoms with Crippen LogP contribution in [0.15, 0.2) is 17.1 Å². The number of pyridine rings is 1. The number of hydrogen-bond acceptors (Lipinski definition) is 5. The number of anilines is 1. The molecule has 22 heavy (non-hydrogen) atoms. The maximum atomic E-state index is 12.6. The summed E-state index contributed by atoms with van der Waals surface area (Å²) >= 11 is 0. The molecule has 1 fully saturated rings. The third-order valence-corrected chi connectivity index (χ3v) is 4.00. The van der Waals surface area contributed by atoms with E-state index in [2.05, 4.69) is 15.3 Å². The second-order valence-electron chi connectivity index (χ2n) is 6.05. The zero-order valence-electron chi connectivity index (χ0n) is 12.8. The van der Waals surface area contributed by atoms with Gasteiger partial charge in [0.05, 0.1) is 0 Å². The van der Waals surface area contributed by atoms with Crippen LogP contribution < -0.4 is 10.9 Å². The number of aromatic nitrogens is 3. The zero-order chi connectivity index (χ0) is 15.7. The van der Waals surface area contributed by atoms with E-state index in [1.165, 1.54) is 0 Å². The van der Waals surface area contributed by atoms with Gasteiger partial charge in [0.25, 0.3) is 5.56 Å². The Morgan fingerprint density at radius 2 is 2.14 bits per heavy atom. The molecule has 0 amide bonds. The van der Waals surface area contributed by atoms with Gasteiger partial charge in [-0.25, -0.2) is 4.98 Å². The highest BCUT2D eigenvalue weighted by atomic mass is 16.1. The number of hydrogen-bond donors (Lipinski definition) is 1. The van der Waals surface area contributed by atoms with Crippen molar-refractivity contribution in [2.75, 3.05) is 5.32 Å². The maximum absolute atomic E-state index is 12.6. The van der Waals surface area contributed by atoms with Crippen molar-refractivity contribution in [3.05, 3.63) is 28.2 Å². The molecule has 0 spiro atoms. The first-order chi connectivity index (χ1) is 10.6. The Morgan fingerprint density at radius 3 is 2.77 bits per heavy atom. The van der Waals surface area contributed by atoms with Crippen molar-refractivity contribution < 1.29 is 0 Å². The topological polar surface area (TPSA) is 83.6 Å². The molecule has 6 nitrogen and oxygen atoms in total. The summed E-state index contributed by atoms with van der Waals surface area (Å²) in [6.45, 7) is 4.02. The fraction of sp³-hybridized carbons (Fsp3) is 0.500. The smallest absolute Gasteiger partial charge is 0.270 e. The molecule has 1 aliphatic carbocycles. The normalized spacial score (nSPS) is 15.4. The summed E-state index contributed by atoms with van der Waals surface area (Å²) in [6.07, 6.45) is 5.82. The number of fused-ring (bicyclic) bond motifs is 1. The summed E-state index contributed by atoms with van der Waals surface area (Å²) in [5.41, 5.74) is 0.540. The highest BCUT2D eigenvalue weighted by Crippen LogP contribution is 2.30. The number of nitriles is 1. The summed E-state index contributed by atoms with van der Waals surface area (Å²) in [6, 6.07) is 3.92. The van der Waals surface area contributed by atoms with Crippen LogP contribution in [0, 0.1) is 11.3 Å². The minimum atomic E-state index is -0.240. The molecule has 2 heterocycles. The molecule has 2 aromatic rings. The minimum Gasteiger partial charge on any atom is -0.352 e. The molecule has 1 aliphatic rings. The molecule has 1 saturated carbocycles. The van der Waals surface area contributed by atoms with Gasteiger partial charge < -0.3 is 5.32 Å². The molecule has 0 radical (unpaired) electrons. The first kappa shape index (κ1) is 14.5. The Morgan fingerprint density at radius 1 is 1.41 bits per heavy atom. The van der Waals surface area contributed by atoms with E-state index in [0.29, 0.717) is 11.6 Å². The van der Waals surface area contributed by atoms with Crippen LogP contribution in [0.1, 0.15) is 51.1 Å². The number of rotatable bonds is 3. The van der Waals surface area contributed by atoms with Gasteiger partial charge in [-0.1, -0.05) is 12.8 Å². The van der Waals surface area contributed by atoms with Crippen molar-refractivity contribution in [2.24, 2.45) is 0 Å². The maximum Gasteiger partial charge on any atom is 0.270 e. The Kier molecular flexibility index (Phi) is 3.80. The van der Waals surface area contributed by atoms with Gasteiger partial charge in [-0.15, -0.1) is 0 Å². The van der Waals surface area contributed by atoms with E-state index in [0.717, 1.165) is 31.1 Å². The van der Waals surface area contributed by atoms with E-state index in [-0.39, 0.29) is 23.2 Å². The van der Waals surface area contributed by atoms with Crippen molar-refractivity contribution in [2.45, 2.75) is 51.6 Å². The van der Waals surface area contributed by atoms with Crippen molar-refractivity contribution >= 4 is 17.0 Å². The molecule has 0 aliphatic heterocycles. The second-order valence-corrected chi connectivity index (χ2v) is 6.05. The van der Waals surface area contributed by atoms with E-state index in [9.17, 15) is 10.1 Å². The summed E-state index contributed by atoms with van der Waals surface area (Å²) in [5, 5.41) is 13.1. The standard InChI is InChI=1S/C16H19N5O/c1-10(2)19-16-18-9-12-7-11(8-17)15(22)21(14(12)20-16)13-5-3-4-6-13/h7,9-10,13H,3-6H2,1-2H3,(H,18,19,20). The second kappa shape index (κ2) is 5.76. The lowest BCUT2D eigenvalue weighted by atomic mass is 10.2. The van der Waals surface area contributed by atoms with Crippen LogP contribution in [0.2, 0.25) is 0 Å². The van der Waals surface area contributed by atoms with Gasteiger partial charge in [-0.3, -0.25) is 9.36 Å². The van der Waals surface area contributed by atoms with Crippen molar-refractivity contribution in [3.8, 4) is 6.07 Å². The Hall–Kier alpha value is -2.42. The molecule has 0 bridgehead atoms. The first-order valence-electron chi connectivity index (χ1n) is 7.69. The Bertz CT molecular complexity index is 797. The van der Waals surface area contributed by atoms with Crippen LogP contribution in [0.3, 0.4) is 0 Å². The lowest BCUT2D eigenvalue weighted by Crippen LogP contribution is -2.27. The van der Waals surface area contributed by atoms with Crippen molar-refractivity contribution in [3.63, 3.8) is 0 Å². The molecular formula is C16H19N5O. The third kappa shape index (κ3) is 2.54. The lowest BCUT2D eigenvalue weighted by Gasteiger charge is -2.17. The van der Waals surface area contributed by atoms with E-state index >= 15 is 0 Å². The molecular weight excluding hydrogens is 278 g/mol. The fourth-order valence-corrected chi connectivity index (χ4v) is 3.03. The highest BCUT2D eigenvalue weighted by molar-refractivity contribution is 5.77. The van der Waals surface area contributed by atoms with Gasteiger partial charge in [0, 0.05) is 23.7 Å². The summed E-state index contributed by atoms with van der Waals surface area (Å²) in [4.78, 5) is 21.4. The molecule has 0 aromatic carbocycles. The fourth-order valence-electron chi connectivity index (χ4n) is 3.03. The van der Waals surface area contributed by atoms with Crippen LogP contribution in [0.5, 0.6) is 0 Å². The molecule has 0 saturated heterocycles. The molecule has 6 heteroatoms. The third-order valence-electron chi connectivity index (χ3n) is 4.00. The lowest BCUT2D eigenvalue weighted by molar-refractivity contribution is 0.515. The van der Waals surface area contributed by atoms with Gasteiger partial charge in [-0.05, 0) is 32.8 Å². The predicted octanol–water partition coefficient (Wildman–Crippen LogP) is 2.60. The van der Waals surface area contributed by atoms with E-state index in [1.54, 1.807) is 16.8 Å². The average molecular weight is 297 g/mol. The monoisotopic (exact) mass is 297 g/mol. The van der Waals surface area contributed by atoms with Crippen LogP contribution in [0.25, 0.3) is 11.0 Å². The van der Waals surface area contributed by atoms with E-state index < -0.39 is 0 Å². The number of nitrogens with one attached hydrogen (secondary N) is 1. The Balaban J connectivity index is 2.24.